The molecule has 0 aromatic carbocycles. The molecular weight excluding hydrogens is 390 g/mol. The van der Waals surface area contributed by atoms with Gasteiger partial charge in [-0.25, -0.2) is 19.6 Å². The van der Waals surface area contributed by atoms with Gasteiger partial charge >= 0.3 is 0 Å². The molecule has 2 saturated heterocycles. The van der Waals surface area contributed by atoms with E-state index in [0.717, 1.165) is 50.3 Å². The lowest BCUT2D eigenvalue weighted by molar-refractivity contribution is 0.0976. The zero-order chi connectivity index (χ0) is 20.2. The fourth-order valence-corrected chi connectivity index (χ4v) is 4.73. The zero-order valence-corrected chi connectivity index (χ0v) is 17.4. The predicted octanol–water partition coefficient (Wildman–Crippen LogP) is 3.15. The van der Waals surface area contributed by atoms with Crippen LogP contribution in [0.25, 0.3) is 16.9 Å². The third kappa shape index (κ3) is 3.20. The maximum Gasteiger partial charge on any atom is 0.181 e. The van der Waals surface area contributed by atoms with Crippen LogP contribution in [0.3, 0.4) is 0 Å². The lowest BCUT2D eigenvalue weighted by atomic mass is 9.77. The van der Waals surface area contributed by atoms with Gasteiger partial charge in [-0.3, -0.25) is 0 Å². The molecule has 5 heterocycles. The fourth-order valence-electron chi connectivity index (χ4n) is 4.56. The van der Waals surface area contributed by atoms with Gasteiger partial charge in [-0.1, -0.05) is 11.6 Å². The first-order valence-corrected chi connectivity index (χ1v) is 10.3. The highest BCUT2D eigenvalue weighted by Crippen LogP contribution is 2.42. The molecule has 1 spiro atoms. The summed E-state index contributed by atoms with van der Waals surface area (Å²) in [5.74, 6) is 1.28. The van der Waals surface area contributed by atoms with E-state index in [9.17, 15) is 0 Å². The minimum absolute atomic E-state index is 0.341. The van der Waals surface area contributed by atoms with Crippen molar-refractivity contribution in [2.45, 2.75) is 39.2 Å². The van der Waals surface area contributed by atoms with E-state index in [1.54, 1.807) is 16.9 Å². The van der Waals surface area contributed by atoms with Gasteiger partial charge in [0.15, 0.2) is 5.65 Å². The number of anilines is 2. The summed E-state index contributed by atoms with van der Waals surface area (Å²) in [4.78, 5) is 15.9. The molecule has 3 aromatic heterocycles. The highest BCUT2D eigenvalue weighted by molar-refractivity contribution is 6.33. The van der Waals surface area contributed by atoms with E-state index in [-0.39, 0.29) is 0 Å². The predicted molar refractivity (Wildman–Crippen MR) is 113 cm³/mol. The van der Waals surface area contributed by atoms with Crippen LogP contribution in [0.15, 0.2) is 18.5 Å². The van der Waals surface area contributed by atoms with Crippen molar-refractivity contribution in [2.75, 3.05) is 30.3 Å². The van der Waals surface area contributed by atoms with Gasteiger partial charge in [0.2, 0.25) is 0 Å². The summed E-state index contributed by atoms with van der Waals surface area (Å²) in [6.45, 7) is 6.81. The first kappa shape index (κ1) is 18.6. The maximum absolute atomic E-state index is 6.43. The molecular formula is C20H24ClN7O. The number of fused-ring (bicyclic) bond motifs is 1. The molecule has 0 unspecified atom stereocenters. The highest BCUT2D eigenvalue weighted by atomic mass is 35.5. The summed E-state index contributed by atoms with van der Waals surface area (Å²) in [6, 6.07) is 1.70. The Bertz CT molecular complexity index is 1070. The van der Waals surface area contributed by atoms with Crippen molar-refractivity contribution in [2.24, 2.45) is 5.41 Å². The topological polar surface area (TPSA) is 95.0 Å². The summed E-state index contributed by atoms with van der Waals surface area (Å²) in [5, 5.41) is 4.95. The second-order valence-corrected chi connectivity index (χ2v) is 8.65. The monoisotopic (exact) mass is 413 g/mol. The molecule has 1 atom stereocenters. The molecule has 2 aliphatic rings. The van der Waals surface area contributed by atoms with E-state index >= 15 is 0 Å². The van der Waals surface area contributed by atoms with Crippen LogP contribution < -0.4 is 10.6 Å². The minimum atomic E-state index is 0.341. The van der Waals surface area contributed by atoms with Crippen molar-refractivity contribution in [1.82, 2.24) is 24.7 Å². The van der Waals surface area contributed by atoms with Gasteiger partial charge in [0.1, 0.15) is 17.2 Å². The number of ether oxygens (including phenoxy) is 1. The number of nitrogens with two attached hydrogens (primary N) is 1. The molecule has 0 saturated carbocycles. The van der Waals surface area contributed by atoms with Gasteiger partial charge in [-0.05, 0) is 38.5 Å². The number of piperidine rings is 1. The molecule has 2 N–H and O–H groups in total. The molecule has 0 bridgehead atoms. The average molecular weight is 414 g/mol. The lowest BCUT2D eigenvalue weighted by Crippen LogP contribution is -2.41. The lowest BCUT2D eigenvalue weighted by Gasteiger charge is -2.38. The minimum Gasteiger partial charge on any atom is -0.384 e. The smallest absolute Gasteiger partial charge is 0.181 e. The molecule has 2 aliphatic heterocycles. The standard InChI is InChI=1S/C20H24ClN7O/c1-12-8-20(11-29-12)3-5-27(6-4-20)17-10-23-19-14(26-17)9-24-28(19)15-7-16(22)25-13(2)18(15)21/h7,9-10,12H,3-6,8,11H2,1-2H3,(H2,22,25)/t12-/m0/s1. The number of halogens is 1. The van der Waals surface area contributed by atoms with Crippen molar-refractivity contribution >= 4 is 34.4 Å². The van der Waals surface area contributed by atoms with E-state index in [1.807, 2.05) is 13.1 Å². The van der Waals surface area contributed by atoms with Crippen LogP contribution in [0.5, 0.6) is 0 Å². The molecule has 0 aliphatic carbocycles. The normalized spacial score (nSPS) is 21.3. The number of hydrogen-bond acceptors (Lipinski definition) is 7. The van der Waals surface area contributed by atoms with E-state index in [0.29, 0.717) is 39.4 Å². The number of aryl methyl sites for hydroxylation is 1. The molecule has 0 radical (unpaired) electrons. The number of pyridine rings is 1. The Morgan fingerprint density at radius 2 is 2.03 bits per heavy atom. The van der Waals surface area contributed by atoms with E-state index in [1.165, 1.54) is 0 Å². The number of rotatable bonds is 2. The molecule has 2 fully saturated rings. The summed E-state index contributed by atoms with van der Waals surface area (Å²) in [5.41, 5.74) is 8.92. The first-order valence-electron chi connectivity index (χ1n) is 9.94. The van der Waals surface area contributed by atoms with Crippen molar-refractivity contribution in [3.05, 3.63) is 29.2 Å². The quantitative estimate of drug-likeness (QED) is 0.689. The molecule has 0 amide bonds. The van der Waals surface area contributed by atoms with Gasteiger partial charge in [0.25, 0.3) is 0 Å². The van der Waals surface area contributed by atoms with Gasteiger partial charge in [0.05, 0.1) is 41.5 Å². The zero-order valence-electron chi connectivity index (χ0n) is 16.6. The van der Waals surface area contributed by atoms with E-state index < -0.39 is 0 Å². The Morgan fingerprint density at radius 1 is 1.24 bits per heavy atom. The average Bonchev–Trinajstić information content (AvgIpc) is 3.28. The molecule has 9 heteroatoms. The number of hydrogen-bond donors (Lipinski definition) is 1. The van der Waals surface area contributed by atoms with E-state index in [2.05, 4.69) is 26.9 Å². The van der Waals surface area contributed by atoms with Crippen molar-refractivity contribution in [3.8, 4) is 5.69 Å². The Hall–Kier alpha value is -2.45. The molecule has 152 valence electrons. The van der Waals surface area contributed by atoms with Gasteiger partial charge in [0, 0.05) is 19.2 Å². The van der Waals surface area contributed by atoms with Crippen molar-refractivity contribution in [1.29, 1.82) is 0 Å². The van der Waals surface area contributed by atoms with Crippen LogP contribution >= 0.6 is 11.6 Å². The Balaban J connectivity index is 1.42. The summed E-state index contributed by atoms with van der Waals surface area (Å²) in [6.07, 6.45) is 7.32. The van der Waals surface area contributed by atoms with Gasteiger partial charge in [-0.2, -0.15) is 5.10 Å². The molecule has 29 heavy (non-hydrogen) atoms. The number of nitrogens with zero attached hydrogens (tertiary/aromatic N) is 6. The van der Waals surface area contributed by atoms with Crippen molar-refractivity contribution < 1.29 is 4.74 Å². The van der Waals surface area contributed by atoms with Gasteiger partial charge < -0.3 is 15.4 Å². The first-order chi connectivity index (χ1) is 13.9. The van der Waals surface area contributed by atoms with Crippen LogP contribution in [0.4, 0.5) is 11.6 Å². The van der Waals surface area contributed by atoms with E-state index in [4.69, 9.17) is 27.1 Å². The maximum atomic E-state index is 6.43. The molecule has 8 nitrogen and oxygen atoms in total. The number of nitrogen functional groups attached to an aromatic ring is 1. The SMILES string of the molecule is Cc1nc(N)cc(-n2ncc3nc(N4CCC5(CC4)CO[C@@H](C)C5)cnc32)c1Cl. The summed E-state index contributed by atoms with van der Waals surface area (Å²) in [7, 11) is 0. The summed E-state index contributed by atoms with van der Waals surface area (Å²) >= 11 is 6.43. The second-order valence-electron chi connectivity index (χ2n) is 8.27. The van der Waals surface area contributed by atoms with Crippen LogP contribution in [0, 0.1) is 12.3 Å². The summed E-state index contributed by atoms with van der Waals surface area (Å²) < 4.78 is 7.50. The third-order valence-electron chi connectivity index (χ3n) is 6.16. The van der Waals surface area contributed by atoms with Crippen molar-refractivity contribution in [3.63, 3.8) is 0 Å². The third-order valence-corrected chi connectivity index (χ3v) is 6.62. The fraction of sp³-hybridized carbons (Fsp3) is 0.500. The van der Waals surface area contributed by atoms with Crippen LogP contribution in [0.2, 0.25) is 5.02 Å². The molecule has 5 rings (SSSR count). The Labute approximate surface area is 174 Å². The second kappa shape index (κ2) is 6.81. The van der Waals surface area contributed by atoms with Crippen LogP contribution in [-0.2, 0) is 4.74 Å². The van der Waals surface area contributed by atoms with Gasteiger partial charge in [-0.15, -0.1) is 0 Å². The molecule has 3 aromatic rings. The highest BCUT2D eigenvalue weighted by Gasteiger charge is 2.41. The van der Waals surface area contributed by atoms with Crippen LogP contribution in [0.1, 0.15) is 31.9 Å². The Morgan fingerprint density at radius 3 is 2.76 bits per heavy atom. The Kier molecular flexibility index (Phi) is 4.36. The largest absolute Gasteiger partial charge is 0.384 e. The van der Waals surface area contributed by atoms with Crippen LogP contribution in [-0.4, -0.2) is 50.5 Å². The number of aromatic nitrogens is 5.